The first kappa shape index (κ1) is 23.3. The lowest BCUT2D eigenvalue weighted by Crippen LogP contribution is -2.56. The van der Waals surface area contributed by atoms with Crippen LogP contribution in [0.4, 0.5) is 17.1 Å². The Kier molecular flexibility index (Phi) is 4.99. The van der Waals surface area contributed by atoms with Gasteiger partial charge in [0.25, 0.3) is 0 Å². The van der Waals surface area contributed by atoms with Gasteiger partial charge in [0.1, 0.15) is 11.3 Å². The van der Waals surface area contributed by atoms with Crippen molar-refractivity contribution in [1.82, 2.24) is 0 Å². The van der Waals surface area contributed by atoms with Crippen molar-refractivity contribution in [3.63, 3.8) is 0 Å². The molecule has 3 heterocycles. The van der Waals surface area contributed by atoms with E-state index in [4.69, 9.17) is 9.07 Å². The van der Waals surface area contributed by atoms with Gasteiger partial charge in [-0.3, -0.25) is 0 Å². The molecule has 0 amide bonds. The highest BCUT2D eigenvalue weighted by Gasteiger charge is 2.44. The van der Waals surface area contributed by atoms with Crippen LogP contribution >= 0.6 is 0 Å². The van der Waals surface area contributed by atoms with Crippen molar-refractivity contribution < 1.29 is 9.07 Å². The minimum absolute atomic E-state index is 0.266. The average molecular weight is 537 g/mol. The van der Waals surface area contributed by atoms with Crippen molar-refractivity contribution in [2.75, 3.05) is 4.90 Å². The summed E-state index contributed by atoms with van der Waals surface area (Å²) in [5.74, 6) is 0.876. The maximum Gasteiger partial charge on any atom is 0.431 e. The Morgan fingerprint density at radius 1 is 0.548 bits per heavy atom. The number of para-hydroxylation sites is 1. The number of furan rings is 1. The summed E-state index contributed by atoms with van der Waals surface area (Å²) in [5, 5.41) is 1.08. The Balaban J connectivity index is 1.32. The van der Waals surface area contributed by atoms with Crippen LogP contribution in [0.3, 0.4) is 0 Å². The van der Waals surface area contributed by atoms with E-state index in [0.29, 0.717) is 0 Å². The summed E-state index contributed by atoms with van der Waals surface area (Å²) in [4.78, 5) is 2.39. The molecule has 0 fully saturated rings. The largest absolute Gasteiger partial charge is 0.551 e. The second kappa shape index (κ2) is 9.02. The maximum atomic E-state index is 6.88. The molecule has 0 aliphatic carbocycles. The monoisotopic (exact) mass is 537 g/mol. The average Bonchev–Trinajstić information content (AvgIpc) is 3.54. The summed E-state index contributed by atoms with van der Waals surface area (Å²) in [5.41, 5.74) is 13.4. The molecule has 0 spiro atoms. The zero-order valence-corrected chi connectivity index (χ0v) is 22.7. The highest BCUT2D eigenvalue weighted by atomic mass is 16.4. The maximum absolute atomic E-state index is 6.88. The molecule has 2 aliphatic rings. The Morgan fingerprint density at radius 3 is 2.00 bits per heavy atom. The number of benzene rings is 6. The summed E-state index contributed by atoms with van der Waals surface area (Å²) >= 11 is 0. The molecule has 1 aromatic heterocycles. The standard InChI is InChI=1S/C38H24BNO2/c1-3-9-25(10-4-1)27-15-18-30(19-16-27)40-33-20-17-28(26-11-5-2-6-12-26)23-32(33)39-37-34(40)24-29-21-22-41-38(29)36(37)31-13-7-8-14-35(31)42-39/h1-24H. The smallest absolute Gasteiger partial charge is 0.431 e. The lowest BCUT2D eigenvalue weighted by atomic mass is 9.49. The van der Waals surface area contributed by atoms with E-state index in [2.05, 4.69) is 138 Å². The fourth-order valence-electron chi connectivity index (χ4n) is 6.63. The third-order valence-electron chi connectivity index (χ3n) is 8.56. The van der Waals surface area contributed by atoms with E-state index in [1.807, 2.05) is 6.07 Å². The molecule has 0 N–H and O–H groups in total. The van der Waals surface area contributed by atoms with Gasteiger partial charge in [0.15, 0.2) is 0 Å². The lowest BCUT2D eigenvalue weighted by molar-refractivity contribution is 0.587. The van der Waals surface area contributed by atoms with E-state index in [-0.39, 0.29) is 6.92 Å². The van der Waals surface area contributed by atoms with Crippen LogP contribution in [-0.4, -0.2) is 6.92 Å². The highest BCUT2D eigenvalue weighted by Crippen LogP contribution is 2.46. The number of anilines is 3. The number of hydrogen-bond donors (Lipinski definition) is 0. The number of nitrogens with zero attached hydrogens (tertiary/aromatic N) is 1. The summed E-state index contributed by atoms with van der Waals surface area (Å²) in [6, 6.07) is 49.3. The molecule has 7 aromatic rings. The summed E-state index contributed by atoms with van der Waals surface area (Å²) in [6.45, 7) is -0.266. The van der Waals surface area contributed by atoms with Crippen LogP contribution < -0.4 is 20.5 Å². The first-order valence-electron chi connectivity index (χ1n) is 14.3. The van der Waals surface area contributed by atoms with Gasteiger partial charge in [-0.05, 0) is 64.1 Å². The topological polar surface area (TPSA) is 25.6 Å². The van der Waals surface area contributed by atoms with Crippen LogP contribution in [0.25, 0.3) is 44.3 Å². The normalized spacial score (nSPS) is 12.9. The molecule has 0 radical (unpaired) electrons. The molecule has 3 nitrogen and oxygen atoms in total. The van der Waals surface area contributed by atoms with Crippen LogP contribution in [0, 0.1) is 0 Å². The fraction of sp³-hybridized carbons (Fsp3) is 0. The van der Waals surface area contributed by atoms with E-state index >= 15 is 0 Å². The molecule has 0 atom stereocenters. The van der Waals surface area contributed by atoms with Crippen LogP contribution in [0.5, 0.6) is 5.75 Å². The molecule has 9 rings (SSSR count). The molecular formula is C38H24BNO2. The zero-order valence-electron chi connectivity index (χ0n) is 22.7. The van der Waals surface area contributed by atoms with Gasteiger partial charge < -0.3 is 14.0 Å². The highest BCUT2D eigenvalue weighted by molar-refractivity contribution is 6.86. The number of hydrogen-bond acceptors (Lipinski definition) is 3. The van der Waals surface area contributed by atoms with Crippen molar-refractivity contribution in [3.05, 3.63) is 146 Å². The molecular weight excluding hydrogens is 513 g/mol. The molecule has 196 valence electrons. The third kappa shape index (κ3) is 3.42. The Hall–Kier alpha value is -5.48. The van der Waals surface area contributed by atoms with Crippen molar-refractivity contribution in [1.29, 1.82) is 0 Å². The zero-order chi connectivity index (χ0) is 27.6. The molecule has 2 aliphatic heterocycles. The first-order valence-corrected chi connectivity index (χ1v) is 14.3. The van der Waals surface area contributed by atoms with Crippen LogP contribution in [-0.2, 0) is 0 Å². The van der Waals surface area contributed by atoms with Crippen molar-refractivity contribution in [2.45, 2.75) is 0 Å². The van der Waals surface area contributed by atoms with Crippen molar-refractivity contribution >= 4 is 45.9 Å². The van der Waals surface area contributed by atoms with Gasteiger partial charge in [0.05, 0.1) is 6.26 Å². The van der Waals surface area contributed by atoms with Crippen molar-refractivity contribution in [3.8, 4) is 39.1 Å². The van der Waals surface area contributed by atoms with Crippen LogP contribution in [0.2, 0.25) is 0 Å². The summed E-state index contributed by atoms with van der Waals surface area (Å²) in [6.07, 6.45) is 1.79. The predicted molar refractivity (Wildman–Crippen MR) is 173 cm³/mol. The second-order valence-corrected chi connectivity index (χ2v) is 10.9. The SMILES string of the molecule is c1ccc(-c2ccc(N3c4ccc(-c5ccccc5)cc4B4Oc5ccccc5-c5c4c3cc3ccoc53)cc2)cc1. The van der Waals surface area contributed by atoms with E-state index in [9.17, 15) is 0 Å². The van der Waals surface area contributed by atoms with E-state index in [1.54, 1.807) is 6.26 Å². The van der Waals surface area contributed by atoms with E-state index in [1.165, 1.54) is 22.3 Å². The molecule has 0 bridgehead atoms. The Bertz CT molecular complexity index is 2120. The minimum Gasteiger partial charge on any atom is -0.551 e. The summed E-state index contributed by atoms with van der Waals surface area (Å²) in [7, 11) is 0. The van der Waals surface area contributed by atoms with E-state index in [0.717, 1.165) is 55.8 Å². The van der Waals surface area contributed by atoms with Gasteiger partial charge in [0, 0.05) is 39.0 Å². The molecule has 42 heavy (non-hydrogen) atoms. The van der Waals surface area contributed by atoms with Crippen molar-refractivity contribution in [2.24, 2.45) is 0 Å². The van der Waals surface area contributed by atoms with Gasteiger partial charge >= 0.3 is 6.92 Å². The predicted octanol–water partition coefficient (Wildman–Crippen LogP) is 8.72. The Labute approximate surface area is 244 Å². The minimum atomic E-state index is -0.266. The second-order valence-electron chi connectivity index (χ2n) is 10.9. The van der Waals surface area contributed by atoms with Crippen LogP contribution in [0.15, 0.2) is 150 Å². The molecule has 6 aromatic carbocycles. The van der Waals surface area contributed by atoms with Gasteiger partial charge in [-0.25, -0.2) is 0 Å². The number of rotatable bonds is 3. The molecule has 4 heteroatoms. The molecule has 0 saturated carbocycles. The summed E-state index contributed by atoms with van der Waals surface area (Å²) < 4.78 is 13.0. The van der Waals surface area contributed by atoms with Gasteiger partial charge in [0.2, 0.25) is 0 Å². The van der Waals surface area contributed by atoms with Crippen LogP contribution in [0.1, 0.15) is 0 Å². The Morgan fingerprint density at radius 2 is 1.21 bits per heavy atom. The van der Waals surface area contributed by atoms with E-state index < -0.39 is 0 Å². The van der Waals surface area contributed by atoms with Gasteiger partial charge in [-0.2, -0.15) is 0 Å². The van der Waals surface area contributed by atoms with Gasteiger partial charge in [-0.15, -0.1) is 0 Å². The first-order chi connectivity index (χ1) is 20.8. The molecule has 0 saturated heterocycles. The third-order valence-corrected chi connectivity index (χ3v) is 8.56. The molecule has 0 unspecified atom stereocenters. The fourth-order valence-corrected chi connectivity index (χ4v) is 6.63. The van der Waals surface area contributed by atoms with Gasteiger partial charge in [-0.1, -0.05) is 103 Å². The quantitative estimate of drug-likeness (QED) is 0.211. The number of fused-ring (bicyclic) bond motifs is 6. The lowest BCUT2D eigenvalue weighted by Gasteiger charge is -2.39.